The average Bonchev–Trinajstić information content (AvgIpc) is 2.34. The summed E-state index contributed by atoms with van der Waals surface area (Å²) in [5.74, 6) is 0.0591. The number of hydrogen-bond acceptors (Lipinski definition) is 6. The quantitative estimate of drug-likeness (QED) is 0.657. The van der Waals surface area contributed by atoms with Crippen LogP contribution in [-0.4, -0.2) is 38.2 Å². The second-order valence-corrected chi connectivity index (χ2v) is 3.72. The van der Waals surface area contributed by atoms with Gasteiger partial charge in [0.15, 0.2) is 0 Å². The lowest BCUT2D eigenvalue weighted by Gasteiger charge is -2.22. The summed E-state index contributed by atoms with van der Waals surface area (Å²) in [4.78, 5) is 22.3. The third-order valence-corrected chi connectivity index (χ3v) is 2.42. The maximum absolute atomic E-state index is 11.2. The molecule has 0 aromatic rings. The van der Waals surface area contributed by atoms with E-state index < -0.39 is 18.4 Å². The van der Waals surface area contributed by atoms with E-state index in [9.17, 15) is 9.59 Å². The summed E-state index contributed by atoms with van der Waals surface area (Å²) in [7, 11) is 0. The fourth-order valence-electron chi connectivity index (χ4n) is 1.16. The Morgan fingerprint density at radius 2 is 1.50 bits per heavy atom. The van der Waals surface area contributed by atoms with Crippen LogP contribution in [-0.2, 0) is 18.9 Å². The molecule has 0 bridgehead atoms. The van der Waals surface area contributed by atoms with Crippen molar-refractivity contribution in [3.63, 3.8) is 0 Å². The van der Waals surface area contributed by atoms with E-state index in [1.807, 2.05) is 13.8 Å². The van der Waals surface area contributed by atoms with Crippen molar-refractivity contribution in [2.75, 3.05) is 19.8 Å². The fraction of sp³-hybridized carbons (Fsp3) is 0.833. The van der Waals surface area contributed by atoms with Gasteiger partial charge in [-0.3, -0.25) is 0 Å². The van der Waals surface area contributed by atoms with E-state index in [1.54, 1.807) is 13.8 Å². The minimum atomic E-state index is -0.765. The minimum absolute atomic E-state index is 0.0351. The maximum Gasteiger partial charge on any atom is 0.508 e. The minimum Gasteiger partial charge on any atom is -0.435 e. The van der Waals surface area contributed by atoms with Gasteiger partial charge >= 0.3 is 12.3 Å². The molecule has 0 spiro atoms. The molecule has 0 saturated carbocycles. The van der Waals surface area contributed by atoms with Gasteiger partial charge < -0.3 is 18.9 Å². The standard InChI is InChI=1S/C12H22O6/c1-5-9(4)10(18-12(14)16-7-3)8-17-11(13)15-6-2/h9-10H,5-8H2,1-4H3. The van der Waals surface area contributed by atoms with Gasteiger partial charge in [-0.05, 0) is 26.2 Å². The van der Waals surface area contributed by atoms with Crippen molar-refractivity contribution in [3.8, 4) is 0 Å². The molecule has 6 nitrogen and oxygen atoms in total. The van der Waals surface area contributed by atoms with Crippen molar-refractivity contribution in [1.82, 2.24) is 0 Å². The molecule has 2 atom stereocenters. The fourth-order valence-corrected chi connectivity index (χ4v) is 1.16. The number of carbonyl (C=O) groups excluding carboxylic acids is 2. The van der Waals surface area contributed by atoms with Gasteiger partial charge in [0.05, 0.1) is 13.2 Å². The Labute approximate surface area is 108 Å². The zero-order valence-corrected chi connectivity index (χ0v) is 11.4. The highest BCUT2D eigenvalue weighted by atomic mass is 16.7. The molecule has 0 heterocycles. The molecular formula is C12H22O6. The average molecular weight is 262 g/mol. The predicted molar refractivity (Wildman–Crippen MR) is 64.3 cm³/mol. The molecule has 106 valence electrons. The molecule has 0 aromatic carbocycles. The Hall–Kier alpha value is -1.46. The van der Waals surface area contributed by atoms with E-state index in [1.165, 1.54) is 0 Å². The maximum atomic E-state index is 11.2. The summed E-state index contributed by atoms with van der Waals surface area (Å²) in [6, 6.07) is 0. The molecule has 0 radical (unpaired) electrons. The Kier molecular flexibility index (Phi) is 8.78. The van der Waals surface area contributed by atoms with Crippen LogP contribution in [0.15, 0.2) is 0 Å². The van der Waals surface area contributed by atoms with Gasteiger partial charge in [-0.2, -0.15) is 0 Å². The number of rotatable bonds is 7. The molecule has 18 heavy (non-hydrogen) atoms. The largest absolute Gasteiger partial charge is 0.508 e. The predicted octanol–water partition coefficient (Wildman–Crippen LogP) is 2.75. The van der Waals surface area contributed by atoms with Crippen LogP contribution in [0.3, 0.4) is 0 Å². The SMILES string of the molecule is CCOC(=O)OCC(OC(=O)OCC)C(C)CC. The third kappa shape index (κ3) is 6.98. The molecule has 0 saturated heterocycles. The topological polar surface area (TPSA) is 71.1 Å². The second-order valence-electron chi connectivity index (χ2n) is 3.72. The molecule has 6 heteroatoms. The highest BCUT2D eigenvalue weighted by molar-refractivity contribution is 5.61. The summed E-state index contributed by atoms with van der Waals surface area (Å²) in [6.07, 6.45) is -1.26. The van der Waals surface area contributed by atoms with Crippen LogP contribution in [0.5, 0.6) is 0 Å². The van der Waals surface area contributed by atoms with Gasteiger partial charge in [0.2, 0.25) is 0 Å². The summed E-state index contributed by atoms with van der Waals surface area (Å²) >= 11 is 0. The monoisotopic (exact) mass is 262 g/mol. The molecule has 0 aliphatic heterocycles. The number of hydrogen-bond donors (Lipinski definition) is 0. The summed E-state index contributed by atoms with van der Waals surface area (Å²) in [6.45, 7) is 7.68. The Balaban J connectivity index is 4.23. The van der Waals surface area contributed by atoms with Crippen molar-refractivity contribution in [2.24, 2.45) is 5.92 Å². The third-order valence-electron chi connectivity index (χ3n) is 2.42. The highest BCUT2D eigenvalue weighted by Gasteiger charge is 2.23. The van der Waals surface area contributed by atoms with E-state index in [-0.39, 0.29) is 25.7 Å². The van der Waals surface area contributed by atoms with Crippen LogP contribution in [0.1, 0.15) is 34.1 Å². The summed E-state index contributed by atoms with van der Waals surface area (Å²) in [5, 5.41) is 0. The van der Waals surface area contributed by atoms with Crippen LogP contribution >= 0.6 is 0 Å². The molecule has 0 aromatic heterocycles. The van der Waals surface area contributed by atoms with E-state index in [4.69, 9.17) is 9.47 Å². The molecule has 0 fully saturated rings. The normalized spacial score (nSPS) is 13.3. The van der Waals surface area contributed by atoms with Gasteiger partial charge in [-0.1, -0.05) is 13.8 Å². The van der Waals surface area contributed by atoms with Crippen molar-refractivity contribution in [3.05, 3.63) is 0 Å². The van der Waals surface area contributed by atoms with Crippen molar-refractivity contribution < 1.29 is 28.5 Å². The Bertz CT molecular complexity index is 253. The summed E-state index contributed by atoms with van der Waals surface area (Å²) in [5.41, 5.74) is 0. The molecule has 0 aliphatic carbocycles. The molecule has 0 aliphatic rings. The number of ether oxygens (including phenoxy) is 4. The van der Waals surface area contributed by atoms with Crippen LogP contribution in [0.4, 0.5) is 9.59 Å². The first kappa shape index (κ1) is 16.5. The van der Waals surface area contributed by atoms with Gasteiger partial charge in [-0.15, -0.1) is 0 Å². The zero-order valence-electron chi connectivity index (χ0n) is 11.4. The van der Waals surface area contributed by atoms with E-state index >= 15 is 0 Å². The van der Waals surface area contributed by atoms with Gasteiger partial charge in [0, 0.05) is 0 Å². The lowest BCUT2D eigenvalue weighted by molar-refractivity contribution is -0.0330. The molecule has 2 unspecified atom stereocenters. The van der Waals surface area contributed by atoms with E-state index in [0.29, 0.717) is 0 Å². The van der Waals surface area contributed by atoms with Gasteiger partial charge in [-0.25, -0.2) is 9.59 Å². The van der Waals surface area contributed by atoms with Crippen LogP contribution < -0.4 is 0 Å². The van der Waals surface area contributed by atoms with Crippen molar-refractivity contribution in [2.45, 2.75) is 40.2 Å². The van der Waals surface area contributed by atoms with Crippen LogP contribution in [0.2, 0.25) is 0 Å². The second kappa shape index (κ2) is 9.56. The van der Waals surface area contributed by atoms with Crippen molar-refractivity contribution >= 4 is 12.3 Å². The van der Waals surface area contributed by atoms with Gasteiger partial charge in [0.25, 0.3) is 0 Å². The molecule has 0 amide bonds. The highest BCUT2D eigenvalue weighted by Crippen LogP contribution is 2.13. The lowest BCUT2D eigenvalue weighted by atomic mass is 10.0. The van der Waals surface area contributed by atoms with Crippen LogP contribution in [0.25, 0.3) is 0 Å². The van der Waals surface area contributed by atoms with E-state index in [0.717, 1.165) is 6.42 Å². The molecule has 0 rings (SSSR count). The Morgan fingerprint density at radius 1 is 0.944 bits per heavy atom. The zero-order chi connectivity index (χ0) is 14.0. The van der Waals surface area contributed by atoms with Crippen LogP contribution in [0, 0.1) is 5.92 Å². The molecular weight excluding hydrogens is 240 g/mol. The summed E-state index contributed by atoms with van der Waals surface area (Å²) < 4.78 is 19.2. The van der Waals surface area contributed by atoms with E-state index in [2.05, 4.69) is 9.47 Å². The first-order valence-electron chi connectivity index (χ1n) is 6.17. The smallest absolute Gasteiger partial charge is 0.435 e. The van der Waals surface area contributed by atoms with Crippen molar-refractivity contribution in [1.29, 1.82) is 0 Å². The Morgan fingerprint density at radius 3 is 2.00 bits per heavy atom. The van der Waals surface area contributed by atoms with Gasteiger partial charge in [0.1, 0.15) is 12.7 Å². The first-order valence-corrected chi connectivity index (χ1v) is 6.17. The lowest BCUT2D eigenvalue weighted by Crippen LogP contribution is -2.31. The molecule has 0 N–H and O–H groups in total. The number of carbonyl (C=O) groups is 2. The first-order chi connectivity index (χ1) is 8.54.